The van der Waals surface area contributed by atoms with Gasteiger partial charge in [-0.2, -0.15) is 9.97 Å². The zero-order chi connectivity index (χ0) is 32.7. The summed E-state index contributed by atoms with van der Waals surface area (Å²) in [5.74, 6) is -1.36. The number of hydrogen-bond acceptors (Lipinski definition) is 15. The molecule has 0 radical (unpaired) electrons. The van der Waals surface area contributed by atoms with E-state index in [0.29, 0.717) is 11.4 Å². The number of carbonyl (C=O) groups excluding carboxylic acids is 3. The monoisotopic (exact) mass is 660 g/mol. The quantitative estimate of drug-likeness (QED) is 0.134. The van der Waals surface area contributed by atoms with Gasteiger partial charge >= 0.3 is 18.7 Å². The maximum atomic E-state index is 14.1. The molecule has 0 saturated carbocycles. The van der Waals surface area contributed by atoms with E-state index < -0.39 is 73.5 Å². The maximum Gasteiger partial charge on any atom is 0.327 e. The van der Waals surface area contributed by atoms with Gasteiger partial charge in [-0.1, -0.05) is 11.4 Å². The van der Waals surface area contributed by atoms with Crippen molar-refractivity contribution in [2.24, 2.45) is 0 Å². The molecule has 20 heteroatoms. The van der Waals surface area contributed by atoms with Crippen LogP contribution in [0, 0.1) is 0 Å². The number of methoxy groups -OCH3 is 1. The van der Waals surface area contributed by atoms with Gasteiger partial charge < -0.3 is 39.6 Å². The van der Waals surface area contributed by atoms with Gasteiger partial charge in [-0.25, -0.2) is 14.9 Å². The largest absolute Gasteiger partial charge is 0.479 e. The van der Waals surface area contributed by atoms with E-state index in [-0.39, 0.29) is 28.7 Å². The predicted molar refractivity (Wildman–Crippen MR) is 156 cm³/mol. The Morgan fingerprint density at radius 2 is 1.98 bits per heavy atom. The number of fused-ring (bicyclic) bond motifs is 1. The molecule has 3 amide bonds. The van der Waals surface area contributed by atoms with E-state index in [0.717, 1.165) is 4.90 Å². The summed E-state index contributed by atoms with van der Waals surface area (Å²) in [6.45, 7) is 1.50. The summed E-state index contributed by atoms with van der Waals surface area (Å²) in [7, 11) is 4.16. The summed E-state index contributed by atoms with van der Waals surface area (Å²) in [6.07, 6.45) is -3.16. The van der Waals surface area contributed by atoms with Crippen LogP contribution >= 0.6 is 18.1 Å². The molecule has 2 fully saturated rings. The van der Waals surface area contributed by atoms with Gasteiger partial charge in [0.05, 0.1) is 26.1 Å². The fraction of sp³-hybridized carbons (Fsp3) is 0.667. The molecule has 2 aliphatic heterocycles. The first kappa shape index (κ1) is 33.8. The minimum atomic E-state index is -4.06. The molecule has 244 valence electrons. The number of aromatic nitrogens is 4. The first-order chi connectivity index (χ1) is 20.5. The summed E-state index contributed by atoms with van der Waals surface area (Å²) in [5.41, 5.74) is 4.28. The van der Waals surface area contributed by atoms with Crippen LogP contribution < -0.4 is 15.6 Å². The van der Waals surface area contributed by atoms with Crippen LogP contribution in [0.2, 0.25) is 0 Å². The van der Waals surface area contributed by atoms with Crippen LogP contribution in [0.4, 0.5) is 10.7 Å². The van der Waals surface area contributed by atoms with Crippen molar-refractivity contribution in [1.82, 2.24) is 34.4 Å². The molecule has 2 aromatic rings. The number of amides is 3. The van der Waals surface area contributed by atoms with Gasteiger partial charge in [0.2, 0.25) is 11.8 Å². The van der Waals surface area contributed by atoms with Crippen molar-refractivity contribution in [1.29, 1.82) is 0 Å². The van der Waals surface area contributed by atoms with Crippen LogP contribution in [0.1, 0.15) is 33.9 Å². The Hall–Kier alpha value is -3.06. The number of nitrogens with one attached hydrogen (secondary N) is 1. The Kier molecular flexibility index (Phi) is 9.80. The molecule has 4 rings (SSSR count). The number of aliphatic hydroxyl groups is 2. The van der Waals surface area contributed by atoms with E-state index >= 15 is 0 Å². The minimum absolute atomic E-state index is 0.0951. The predicted octanol–water partition coefficient (Wildman–Crippen LogP) is 0.106. The number of hydrogen-bond donors (Lipinski definition) is 4. The first-order valence-electron chi connectivity index (χ1n) is 13.5. The zero-order valence-electron chi connectivity index (χ0n) is 25.2. The summed E-state index contributed by atoms with van der Waals surface area (Å²) >= 11 is 0.701. The average Bonchev–Trinajstić information content (AvgIpc) is 3.52. The van der Waals surface area contributed by atoms with Gasteiger partial charge in [0.25, 0.3) is 5.91 Å². The van der Waals surface area contributed by atoms with Crippen molar-refractivity contribution in [3.8, 4) is 5.88 Å². The van der Waals surface area contributed by atoms with E-state index in [1.165, 1.54) is 50.8 Å². The molecule has 2 aromatic heterocycles. The molecular formula is C24H37N8O10PS. The smallest absolute Gasteiger partial charge is 0.327 e. The summed E-state index contributed by atoms with van der Waals surface area (Å²) in [6, 6.07) is -2.56. The lowest BCUT2D eigenvalue weighted by atomic mass is 9.96. The molecule has 0 bridgehead atoms. The van der Waals surface area contributed by atoms with Gasteiger partial charge in [0.1, 0.15) is 29.9 Å². The fourth-order valence-electron chi connectivity index (χ4n) is 4.71. The summed E-state index contributed by atoms with van der Waals surface area (Å²) in [4.78, 5) is 51.9. The maximum absolute atomic E-state index is 14.1. The average molecular weight is 661 g/mol. The van der Waals surface area contributed by atoms with E-state index in [2.05, 4.69) is 20.0 Å². The van der Waals surface area contributed by atoms with Gasteiger partial charge in [0, 0.05) is 19.8 Å². The number of imide groups is 1. The molecule has 4 unspecified atom stereocenters. The highest BCUT2D eigenvalue weighted by atomic mass is 32.7. The molecule has 2 aliphatic rings. The number of likely N-dealkylation sites (N-methyl/N-ethyl adjacent to an activating group) is 2. The SMILES string of the molecule is COc1nc(N)nc2c1ncn2C1OC(COP(=O)(N[C@H](C)C(=O)OC(C)C)SCC2C(=O)N(C)C(=O)N2C)[C@@H](O)[C@@]1(C)O. The van der Waals surface area contributed by atoms with E-state index in [9.17, 15) is 29.2 Å². The number of aliphatic hydroxyl groups excluding tert-OH is 1. The van der Waals surface area contributed by atoms with Crippen LogP contribution in [0.5, 0.6) is 5.88 Å². The van der Waals surface area contributed by atoms with Crippen LogP contribution in [0.15, 0.2) is 6.33 Å². The molecule has 7 atom stereocenters. The zero-order valence-corrected chi connectivity index (χ0v) is 26.9. The van der Waals surface area contributed by atoms with Crippen LogP contribution in [-0.4, -0.2) is 127 Å². The Morgan fingerprint density at radius 3 is 2.57 bits per heavy atom. The van der Waals surface area contributed by atoms with Crippen molar-refractivity contribution in [2.75, 3.05) is 39.3 Å². The van der Waals surface area contributed by atoms with Gasteiger partial charge in [0.15, 0.2) is 17.4 Å². The van der Waals surface area contributed by atoms with Gasteiger partial charge in [-0.05, 0) is 27.7 Å². The Labute approximate surface area is 256 Å². The molecule has 0 aromatic carbocycles. The lowest BCUT2D eigenvalue weighted by Gasteiger charge is -2.27. The third kappa shape index (κ3) is 6.49. The van der Waals surface area contributed by atoms with Gasteiger partial charge in [-0.15, -0.1) is 0 Å². The lowest BCUT2D eigenvalue weighted by molar-refractivity contribution is -0.149. The number of anilines is 1. The number of esters is 1. The third-order valence-electron chi connectivity index (χ3n) is 7.15. The molecule has 4 heterocycles. The second kappa shape index (κ2) is 12.7. The Morgan fingerprint density at radius 1 is 1.30 bits per heavy atom. The van der Waals surface area contributed by atoms with Crippen molar-refractivity contribution >= 4 is 53.1 Å². The normalized spacial score (nSPS) is 27.8. The number of rotatable bonds is 12. The number of ether oxygens (including phenoxy) is 3. The highest BCUT2D eigenvalue weighted by Gasteiger charge is 2.54. The molecular weight excluding hydrogens is 623 g/mol. The van der Waals surface area contributed by atoms with Crippen molar-refractivity contribution < 1.29 is 47.9 Å². The van der Waals surface area contributed by atoms with Gasteiger partial charge in [-0.3, -0.25) is 23.6 Å². The standard InChI is InChI=1S/C24H37N8O10PS/c1-11(2)41-20(35)12(3)29-43(38,44-9-13-19(34)31(6)23(36)30(13)5)40-8-14-16(33)24(4,37)21(42-14)32-10-26-15-17(32)27-22(25)28-18(15)39-7/h10-14,16,21,33,37H,8-9H2,1-7H3,(H,29,38)(H2,25,27,28)/t12-,13?,14?,16-,21?,24-,43?/m1/s1. The van der Waals surface area contributed by atoms with E-state index in [1.807, 2.05) is 0 Å². The molecule has 0 aliphatic carbocycles. The number of nitrogens with two attached hydrogens (primary N) is 1. The molecule has 18 nitrogen and oxygen atoms in total. The Balaban J connectivity index is 1.55. The second-order valence-corrected chi connectivity index (χ2v) is 15.2. The van der Waals surface area contributed by atoms with E-state index in [4.69, 9.17) is 24.5 Å². The van der Waals surface area contributed by atoms with E-state index in [1.54, 1.807) is 13.8 Å². The molecule has 5 N–H and O–H groups in total. The lowest BCUT2D eigenvalue weighted by Crippen LogP contribution is -2.44. The van der Waals surface area contributed by atoms with Crippen molar-refractivity contribution in [3.63, 3.8) is 0 Å². The topological polar surface area (TPSA) is 234 Å². The number of urea groups is 1. The number of carbonyl (C=O) groups is 3. The van der Waals surface area contributed by atoms with Crippen LogP contribution in [-0.2, 0) is 28.2 Å². The summed E-state index contributed by atoms with van der Waals surface area (Å²) in [5, 5.41) is 25.0. The second-order valence-electron chi connectivity index (χ2n) is 10.8. The number of imidazole rings is 1. The van der Waals surface area contributed by atoms with Crippen LogP contribution in [0.25, 0.3) is 11.2 Å². The van der Waals surface area contributed by atoms with Crippen LogP contribution in [0.3, 0.4) is 0 Å². The molecule has 44 heavy (non-hydrogen) atoms. The highest BCUT2D eigenvalue weighted by Crippen LogP contribution is 2.57. The van der Waals surface area contributed by atoms with Crippen molar-refractivity contribution in [3.05, 3.63) is 6.33 Å². The number of nitrogens with zero attached hydrogens (tertiary/aromatic N) is 6. The first-order valence-corrected chi connectivity index (χ1v) is 16.7. The number of nitrogen functional groups attached to an aromatic ring is 1. The third-order valence-corrected chi connectivity index (χ3v) is 11.2. The fourth-order valence-corrected chi connectivity index (χ4v) is 8.68. The molecule has 2 saturated heterocycles. The minimum Gasteiger partial charge on any atom is -0.479 e. The van der Waals surface area contributed by atoms with Crippen molar-refractivity contribution in [2.45, 2.75) is 69.9 Å². The highest BCUT2D eigenvalue weighted by molar-refractivity contribution is 8.56. The summed E-state index contributed by atoms with van der Waals surface area (Å²) < 4.78 is 37.6. The molecule has 0 spiro atoms. The Bertz CT molecular complexity index is 1470.